The van der Waals surface area contributed by atoms with E-state index in [1.165, 1.54) is 6.07 Å². The average Bonchev–Trinajstić information content (AvgIpc) is 3.44. The molecule has 190 valence electrons. The summed E-state index contributed by atoms with van der Waals surface area (Å²) in [4.78, 5) is 43.0. The lowest BCUT2D eigenvalue weighted by Gasteiger charge is -2.36. The summed E-state index contributed by atoms with van der Waals surface area (Å²) in [7, 11) is 0. The number of anilines is 1. The zero-order valence-corrected chi connectivity index (χ0v) is 20.8. The van der Waals surface area contributed by atoms with Gasteiger partial charge >= 0.3 is 12.1 Å². The van der Waals surface area contributed by atoms with Crippen molar-refractivity contribution < 1.29 is 28.2 Å². The maximum atomic E-state index is 15.4. The molecule has 1 unspecified atom stereocenters. The Hall–Kier alpha value is -2.84. The van der Waals surface area contributed by atoms with E-state index in [0.717, 1.165) is 5.69 Å². The normalized spacial score (nSPS) is 26.7. The maximum absolute atomic E-state index is 15.4. The van der Waals surface area contributed by atoms with Crippen molar-refractivity contribution in [3.8, 4) is 0 Å². The van der Waals surface area contributed by atoms with Gasteiger partial charge in [0.1, 0.15) is 11.4 Å². The molecule has 1 atom stereocenters. The SMILES string of the molecule is CCOC(=O)N1CCN(c2ccc(C3(C(=O)N4CCC5(C4)OC(=O)CC5(C)C)CC3)c(F)c2)CC1. The number of nitrogens with zero attached hydrogens (tertiary/aromatic N) is 3. The standard InChI is InChI=1S/C26H34FN3O5/c1-4-34-23(33)29-13-11-28(12-14-29)18-5-6-19(20(27)15-18)25(7-8-25)22(32)30-10-9-26(17-30)24(2,3)16-21(31)35-26/h5-6,15H,4,7-14,16-17H2,1-3H3. The topological polar surface area (TPSA) is 79.4 Å². The Bertz CT molecular complexity index is 1050. The Labute approximate surface area is 205 Å². The third kappa shape index (κ3) is 3.93. The molecule has 4 fully saturated rings. The molecule has 9 heteroatoms. The van der Waals surface area contributed by atoms with Gasteiger partial charge in [0, 0.05) is 55.8 Å². The molecule has 3 heterocycles. The highest BCUT2D eigenvalue weighted by Crippen LogP contribution is 2.54. The average molecular weight is 488 g/mol. The van der Waals surface area contributed by atoms with Crippen LogP contribution >= 0.6 is 0 Å². The molecule has 0 radical (unpaired) electrons. The lowest BCUT2D eigenvalue weighted by atomic mass is 9.74. The summed E-state index contributed by atoms with van der Waals surface area (Å²) in [6.45, 7) is 9.25. The van der Waals surface area contributed by atoms with Crippen LogP contribution < -0.4 is 4.90 Å². The maximum Gasteiger partial charge on any atom is 0.409 e. The summed E-state index contributed by atoms with van der Waals surface area (Å²) in [5.41, 5.74) is -0.620. The third-order valence-electron chi connectivity index (χ3n) is 8.45. The number of hydrogen-bond donors (Lipinski definition) is 0. The second-order valence-corrected chi connectivity index (χ2v) is 10.9. The smallest absolute Gasteiger partial charge is 0.409 e. The number of halogens is 1. The number of ether oxygens (including phenoxy) is 2. The number of piperazine rings is 1. The molecule has 5 rings (SSSR count). The van der Waals surface area contributed by atoms with Crippen LogP contribution in [0, 0.1) is 11.2 Å². The van der Waals surface area contributed by atoms with Gasteiger partial charge in [-0.1, -0.05) is 19.9 Å². The monoisotopic (exact) mass is 487 g/mol. The van der Waals surface area contributed by atoms with E-state index in [0.29, 0.717) is 77.1 Å². The summed E-state index contributed by atoms with van der Waals surface area (Å²) in [5.74, 6) is -0.652. The zero-order valence-electron chi connectivity index (χ0n) is 20.8. The van der Waals surface area contributed by atoms with Gasteiger partial charge in [-0.05, 0) is 31.9 Å². The van der Waals surface area contributed by atoms with Gasteiger partial charge in [0.25, 0.3) is 0 Å². The number of benzene rings is 1. The largest absolute Gasteiger partial charge is 0.456 e. The second-order valence-electron chi connectivity index (χ2n) is 10.9. The van der Waals surface area contributed by atoms with E-state index in [1.54, 1.807) is 22.8 Å². The van der Waals surface area contributed by atoms with Crippen molar-refractivity contribution in [2.45, 2.75) is 57.5 Å². The summed E-state index contributed by atoms with van der Waals surface area (Å²) in [5, 5.41) is 0. The van der Waals surface area contributed by atoms with Crippen LogP contribution in [-0.4, -0.2) is 79.2 Å². The molecular formula is C26H34FN3O5. The van der Waals surface area contributed by atoms with Gasteiger partial charge in [-0.25, -0.2) is 9.18 Å². The molecule has 3 aliphatic heterocycles. The molecule has 0 aromatic heterocycles. The van der Waals surface area contributed by atoms with E-state index in [-0.39, 0.29) is 29.2 Å². The van der Waals surface area contributed by atoms with Crippen LogP contribution in [0.3, 0.4) is 0 Å². The molecule has 1 spiro atoms. The first-order chi connectivity index (χ1) is 16.6. The Morgan fingerprint density at radius 2 is 1.77 bits per heavy atom. The quantitative estimate of drug-likeness (QED) is 0.608. The molecule has 4 aliphatic rings. The van der Waals surface area contributed by atoms with Crippen LogP contribution in [0.2, 0.25) is 0 Å². The Morgan fingerprint density at radius 3 is 2.34 bits per heavy atom. The van der Waals surface area contributed by atoms with E-state index in [9.17, 15) is 14.4 Å². The van der Waals surface area contributed by atoms with E-state index in [1.807, 2.05) is 24.8 Å². The van der Waals surface area contributed by atoms with Gasteiger partial charge in [-0.3, -0.25) is 9.59 Å². The second kappa shape index (κ2) is 8.38. The number of likely N-dealkylation sites (tertiary alicyclic amines) is 1. The Morgan fingerprint density at radius 1 is 1.06 bits per heavy atom. The molecule has 0 bridgehead atoms. The van der Waals surface area contributed by atoms with Gasteiger partial charge in [0.05, 0.1) is 25.0 Å². The van der Waals surface area contributed by atoms with Crippen molar-refractivity contribution in [1.29, 1.82) is 0 Å². The summed E-state index contributed by atoms with van der Waals surface area (Å²) in [6.07, 6.45) is 1.89. The highest BCUT2D eigenvalue weighted by atomic mass is 19.1. The van der Waals surface area contributed by atoms with Crippen molar-refractivity contribution in [2.75, 3.05) is 50.8 Å². The summed E-state index contributed by atoms with van der Waals surface area (Å²) >= 11 is 0. The molecule has 0 N–H and O–H groups in total. The lowest BCUT2D eigenvalue weighted by molar-refractivity contribution is -0.151. The van der Waals surface area contributed by atoms with E-state index in [4.69, 9.17) is 9.47 Å². The van der Waals surface area contributed by atoms with Gasteiger partial charge in [0.2, 0.25) is 5.91 Å². The molecule has 1 aromatic carbocycles. The molecule has 1 aromatic rings. The zero-order chi connectivity index (χ0) is 25.0. The van der Waals surface area contributed by atoms with Crippen molar-refractivity contribution in [3.63, 3.8) is 0 Å². The Balaban J connectivity index is 1.27. The molecule has 8 nitrogen and oxygen atoms in total. The summed E-state index contributed by atoms with van der Waals surface area (Å²) < 4.78 is 26.2. The molecule has 1 aliphatic carbocycles. The number of rotatable bonds is 4. The Kier molecular flexibility index (Phi) is 5.72. The fourth-order valence-corrected chi connectivity index (χ4v) is 5.98. The van der Waals surface area contributed by atoms with Crippen LogP contribution in [0.5, 0.6) is 0 Å². The molecule has 35 heavy (non-hydrogen) atoms. The van der Waals surface area contributed by atoms with Crippen LogP contribution in [0.25, 0.3) is 0 Å². The predicted octanol–water partition coefficient (Wildman–Crippen LogP) is 3.08. The van der Waals surface area contributed by atoms with E-state index in [2.05, 4.69) is 0 Å². The number of carbonyl (C=O) groups excluding carboxylic acids is 3. The first kappa shape index (κ1) is 23.9. The minimum Gasteiger partial charge on any atom is -0.456 e. The number of amides is 2. The van der Waals surface area contributed by atoms with Crippen molar-refractivity contribution in [1.82, 2.24) is 9.80 Å². The molecule has 2 amide bonds. The molecule has 1 saturated carbocycles. The van der Waals surface area contributed by atoms with E-state index < -0.39 is 11.0 Å². The first-order valence-electron chi connectivity index (χ1n) is 12.6. The van der Waals surface area contributed by atoms with Gasteiger partial charge in [-0.2, -0.15) is 0 Å². The van der Waals surface area contributed by atoms with Crippen molar-refractivity contribution in [3.05, 3.63) is 29.6 Å². The molecule has 3 saturated heterocycles. The lowest BCUT2D eigenvalue weighted by Crippen LogP contribution is -2.49. The van der Waals surface area contributed by atoms with Crippen LogP contribution in [0.1, 0.15) is 52.0 Å². The highest BCUT2D eigenvalue weighted by molar-refractivity contribution is 5.92. The fraction of sp³-hybridized carbons (Fsp3) is 0.654. The van der Waals surface area contributed by atoms with Crippen molar-refractivity contribution in [2.24, 2.45) is 5.41 Å². The third-order valence-corrected chi connectivity index (χ3v) is 8.45. The van der Waals surface area contributed by atoms with Crippen LogP contribution in [-0.2, 0) is 24.5 Å². The van der Waals surface area contributed by atoms with Gasteiger partial charge in [0.15, 0.2) is 0 Å². The predicted molar refractivity (Wildman–Crippen MR) is 127 cm³/mol. The molecular weight excluding hydrogens is 453 g/mol. The first-order valence-corrected chi connectivity index (χ1v) is 12.6. The number of esters is 1. The van der Waals surface area contributed by atoms with Gasteiger partial charge in [-0.15, -0.1) is 0 Å². The summed E-state index contributed by atoms with van der Waals surface area (Å²) in [6, 6.07) is 5.13. The minimum absolute atomic E-state index is 0.0668. The van der Waals surface area contributed by atoms with Crippen LogP contribution in [0.15, 0.2) is 18.2 Å². The van der Waals surface area contributed by atoms with Gasteiger partial charge < -0.3 is 24.2 Å². The van der Waals surface area contributed by atoms with Crippen molar-refractivity contribution >= 4 is 23.7 Å². The van der Waals surface area contributed by atoms with Crippen LogP contribution in [0.4, 0.5) is 14.9 Å². The highest BCUT2D eigenvalue weighted by Gasteiger charge is 2.62. The minimum atomic E-state index is -0.830. The fourth-order valence-electron chi connectivity index (χ4n) is 5.98. The number of carbonyl (C=O) groups is 3. The number of hydrogen-bond acceptors (Lipinski definition) is 6. The van der Waals surface area contributed by atoms with E-state index >= 15 is 4.39 Å².